The van der Waals surface area contributed by atoms with E-state index in [4.69, 9.17) is 4.74 Å². The molecule has 2 rings (SSSR count). The number of rotatable bonds is 2. The third-order valence-corrected chi connectivity index (χ3v) is 3.19. The quantitative estimate of drug-likeness (QED) is 0.723. The Bertz CT molecular complexity index is 579. The Morgan fingerprint density at radius 1 is 1.35 bits per heavy atom. The van der Waals surface area contributed by atoms with Gasteiger partial charge in [-0.3, -0.25) is 4.79 Å². The molecule has 0 spiro atoms. The molecular formula is C14H20N4O2. The van der Waals surface area contributed by atoms with Crippen LogP contribution in [0, 0.1) is 6.92 Å². The van der Waals surface area contributed by atoms with Crippen molar-refractivity contribution in [2.75, 3.05) is 17.7 Å². The second-order valence-electron chi connectivity index (χ2n) is 5.34. The number of methoxy groups -OCH3 is 1. The smallest absolute Gasteiger partial charge is 0.237 e. The van der Waals surface area contributed by atoms with Crippen LogP contribution in [0.4, 0.5) is 11.4 Å². The number of nitrogens with zero attached hydrogens (tertiary/aromatic N) is 1. The molecule has 0 unspecified atom stereocenters. The summed E-state index contributed by atoms with van der Waals surface area (Å²) in [5.41, 5.74) is 4.90. The number of anilines is 2. The van der Waals surface area contributed by atoms with E-state index >= 15 is 0 Å². The van der Waals surface area contributed by atoms with Crippen LogP contribution in [0.5, 0.6) is 5.75 Å². The van der Waals surface area contributed by atoms with E-state index in [0.29, 0.717) is 5.84 Å². The Hall–Kier alpha value is -2.24. The van der Waals surface area contributed by atoms with E-state index in [9.17, 15) is 4.79 Å². The number of hydrogen-bond donors (Lipinski definition) is 3. The highest BCUT2D eigenvalue weighted by Crippen LogP contribution is 2.40. The van der Waals surface area contributed by atoms with Gasteiger partial charge >= 0.3 is 0 Å². The zero-order valence-electron chi connectivity index (χ0n) is 12.4. The highest BCUT2D eigenvalue weighted by atomic mass is 16.5. The third kappa shape index (κ3) is 2.54. The number of fused-ring (bicyclic) bond motifs is 1. The minimum atomic E-state index is -0.448. The molecule has 1 aromatic carbocycles. The average Bonchev–Trinajstić information content (AvgIpc) is 2.36. The van der Waals surface area contributed by atoms with Crippen LogP contribution >= 0.6 is 0 Å². The Balaban J connectivity index is 2.46. The summed E-state index contributed by atoms with van der Waals surface area (Å²) in [6.07, 6.45) is 0. The molecule has 1 amide bonds. The van der Waals surface area contributed by atoms with Crippen molar-refractivity contribution in [3.05, 3.63) is 17.7 Å². The molecule has 6 nitrogen and oxygen atoms in total. The number of ether oxygens (including phenoxy) is 1. The van der Waals surface area contributed by atoms with Crippen LogP contribution in [0.3, 0.4) is 0 Å². The molecule has 108 valence electrons. The molecule has 0 radical (unpaired) electrons. The van der Waals surface area contributed by atoms with E-state index in [1.54, 1.807) is 7.11 Å². The Kier molecular flexibility index (Phi) is 3.57. The van der Waals surface area contributed by atoms with Gasteiger partial charge in [-0.05, 0) is 32.4 Å². The first-order valence-electron chi connectivity index (χ1n) is 6.42. The zero-order chi connectivity index (χ0) is 14.9. The molecular weight excluding hydrogens is 256 g/mol. The maximum Gasteiger partial charge on any atom is 0.237 e. The SMILES string of the molecule is COc1ccc(C)c2c1NC(C)(C)/C(=N\NC(C)=O)N2. The summed E-state index contributed by atoms with van der Waals surface area (Å²) in [6, 6.07) is 3.90. The van der Waals surface area contributed by atoms with Crippen LogP contribution in [0.25, 0.3) is 0 Å². The topological polar surface area (TPSA) is 74.8 Å². The van der Waals surface area contributed by atoms with Gasteiger partial charge in [0.1, 0.15) is 11.4 Å². The van der Waals surface area contributed by atoms with Crippen LogP contribution in [-0.4, -0.2) is 24.4 Å². The molecule has 0 fully saturated rings. The number of carbonyl (C=O) groups excluding carboxylic acids is 1. The fraction of sp³-hybridized carbons (Fsp3) is 0.429. The predicted molar refractivity (Wildman–Crippen MR) is 80.3 cm³/mol. The average molecular weight is 276 g/mol. The summed E-state index contributed by atoms with van der Waals surface area (Å²) in [4.78, 5) is 11.0. The molecule has 6 heteroatoms. The second kappa shape index (κ2) is 5.03. The molecule has 1 aliphatic heterocycles. The summed E-state index contributed by atoms with van der Waals surface area (Å²) in [6.45, 7) is 7.38. The van der Waals surface area contributed by atoms with Gasteiger partial charge in [0.15, 0.2) is 5.84 Å². The molecule has 0 saturated heterocycles. The molecule has 3 N–H and O–H groups in total. The second-order valence-corrected chi connectivity index (χ2v) is 5.34. The number of hydrazone groups is 1. The van der Waals surface area contributed by atoms with Crippen molar-refractivity contribution in [2.45, 2.75) is 33.2 Å². The lowest BCUT2D eigenvalue weighted by atomic mass is 9.97. The minimum absolute atomic E-state index is 0.205. The Morgan fingerprint density at radius 2 is 2.05 bits per heavy atom. The molecule has 1 aromatic rings. The highest BCUT2D eigenvalue weighted by Gasteiger charge is 2.33. The van der Waals surface area contributed by atoms with Crippen LogP contribution < -0.4 is 20.8 Å². The Morgan fingerprint density at radius 3 is 2.65 bits per heavy atom. The first kappa shape index (κ1) is 14.2. The predicted octanol–water partition coefficient (Wildman–Crippen LogP) is 2.07. The number of hydrogen-bond acceptors (Lipinski definition) is 4. The van der Waals surface area contributed by atoms with Crippen molar-refractivity contribution < 1.29 is 9.53 Å². The highest BCUT2D eigenvalue weighted by molar-refractivity contribution is 6.10. The van der Waals surface area contributed by atoms with E-state index < -0.39 is 5.54 Å². The summed E-state index contributed by atoms with van der Waals surface area (Å²) >= 11 is 0. The fourth-order valence-electron chi connectivity index (χ4n) is 2.09. The molecule has 0 aliphatic carbocycles. The van der Waals surface area contributed by atoms with Gasteiger partial charge in [0.25, 0.3) is 0 Å². The Labute approximate surface area is 118 Å². The van der Waals surface area contributed by atoms with Gasteiger partial charge in [-0.2, -0.15) is 5.10 Å². The van der Waals surface area contributed by atoms with E-state index in [0.717, 1.165) is 22.7 Å². The van der Waals surface area contributed by atoms with Gasteiger partial charge < -0.3 is 15.4 Å². The van der Waals surface area contributed by atoms with Gasteiger partial charge in [0.2, 0.25) is 5.91 Å². The van der Waals surface area contributed by atoms with Gasteiger partial charge in [0.05, 0.1) is 18.3 Å². The van der Waals surface area contributed by atoms with E-state index in [-0.39, 0.29) is 5.91 Å². The van der Waals surface area contributed by atoms with Crippen LogP contribution in [0.1, 0.15) is 26.3 Å². The fourth-order valence-corrected chi connectivity index (χ4v) is 2.09. The summed E-state index contributed by atoms with van der Waals surface area (Å²) in [5.74, 6) is 1.21. The van der Waals surface area contributed by atoms with Crippen LogP contribution in [0.15, 0.2) is 17.2 Å². The molecule has 0 saturated carbocycles. The molecule has 1 heterocycles. The number of amides is 1. The molecule has 0 aromatic heterocycles. The number of benzene rings is 1. The van der Waals surface area contributed by atoms with Crippen molar-refractivity contribution in [2.24, 2.45) is 5.10 Å². The zero-order valence-corrected chi connectivity index (χ0v) is 12.4. The number of amidine groups is 1. The van der Waals surface area contributed by atoms with Crippen LogP contribution in [-0.2, 0) is 4.79 Å². The summed E-state index contributed by atoms with van der Waals surface area (Å²) < 4.78 is 5.38. The van der Waals surface area contributed by atoms with Crippen molar-refractivity contribution in [3.8, 4) is 5.75 Å². The first-order chi connectivity index (χ1) is 9.35. The molecule has 1 aliphatic rings. The lowest BCUT2D eigenvalue weighted by molar-refractivity contribution is -0.118. The van der Waals surface area contributed by atoms with Crippen molar-refractivity contribution in [1.82, 2.24) is 5.43 Å². The summed E-state index contributed by atoms with van der Waals surface area (Å²) in [5, 5.41) is 10.8. The van der Waals surface area contributed by atoms with Gasteiger partial charge in [-0.1, -0.05) is 6.07 Å². The van der Waals surface area contributed by atoms with E-state index in [1.165, 1.54) is 6.92 Å². The van der Waals surface area contributed by atoms with Crippen molar-refractivity contribution in [3.63, 3.8) is 0 Å². The van der Waals surface area contributed by atoms with Crippen molar-refractivity contribution in [1.29, 1.82) is 0 Å². The van der Waals surface area contributed by atoms with Crippen LogP contribution in [0.2, 0.25) is 0 Å². The first-order valence-corrected chi connectivity index (χ1v) is 6.42. The molecule has 0 atom stereocenters. The molecule has 20 heavy (non-hydrogen) atoms. The number of carbonyl (C=O) groups is 1. The maximum absolute atomic E-state index is 11.0. The number of nitrogens with one attached hydrogen (secondary N) is 3. The third-order valence-electron chi connectivity index (χ3n) is 3.19. The summed E-state index contributed by atoms with van der Waals surface area (Å²) in [7, 11) is 1.64. The largest absolute Gasteiger partial charge is 0.495 e. The standard InChI is InChI=1S/C14H20N4O2/c1-8-6-7-10(20-5)12-11(8)15-13(14(3,4)16-12)18-17-9(2)19/h6-7,16H,1-5H3,(H,15,18)(H,17,19). The van der Waals surface area contributed by atoms with E-state index in [1.807, 2.05) is 32.9 Å². The van der Waals surface area contributed by atoms with Crippen molar-refractivity contribution >= 4 is 23.1 Å². The minimum Gasteiger partial charge on any atom is -0.495 e. The van der Waals surface area contributed by atoms with Gasteiger partial charge in [-0.15, -0.1) is 0 Å². The maximum atomic E-state index is 11.0. The molecule has 0 bridgehead atoms. The lowest BCUT2D eigenvalue weighted by Crippen LogP contribution is -2.49. The van der Waals surface area contributed by atoms with E-state index in [2.05, 4.69) is 21.2 Å². The lowest BCUT2D eigenvalue weighted by Gasteiger charge is -2.37. The van der Waals surface area contributed by atoms with Gasteiger partial charge in [-0.25, -0.2) is 5.43 Å². The monoisotopic (exact) mass is 276 g/mol. The normalized spacial score (nSPS) is 17.8. The number of aryl methyl sites for hydroxylation is 1. The van der Waals surface area contributed by atoms with Gasteiger partial charge in [0, 0.05) is 6.92 Å².